The molecular weight excluding hydrogens is 252 g/mol. The molecule has 0 amide bonds. The zero-order chi connectivity index (χ0) is 14.1. The summed E-state index contributed by atoms with van der Waals surface area (Å²) >= 11 is 0. The molecule has 0 aliphatic heterocycles. The lowest BCUT2D eigenvalue weighted by molar-refractivity contribution is 0.282. The number of nitrogen functional groups attached to an aromatic ring is 1. The van der Waals surface area contributed by atoms with E-state index in [1.54, 1.807) is 0 Å². The summed E-state index contributed by atoms with van der Waals surface area (Å²) in [5.41, 5.74) is 7.78. The maximum absolute atomic E-state index is 5.82. The van der Waals surface area contributed by atoms with Gasteiger partial charge in [-0.05, 0) is 32.4 Å². The van der Waals surface area contributed by atoms with Gasteiger partial charge in [-0.15, -0.1) is 0 Å². The van der Waals surface area contributed by atoms with Gasteiger partial charge in [-0.2, -0.15) is 4.98 Å². The van der Waals surface area contributed by atoms with E-state index in [1.807, 2.05) is 32.2 Å². The fourth-order valence-corrected chi connectivity index (χ4v) is 2.34. The van der Waals surface area contributed by atoms with E-state index >= 15 is 0 Å². The van der Waals surface area contributed by atoms with E-state index in [9.17, 15) is 0 Å². The van der Waals surface area contributed by atoms with Crippen molar-refractivity contribution in [3.63, 3.8) is 0 Å². The Morgan fingerprint density at radius 3 is 2.90 bits per heavy atom. The van der Waals surface area contributed by atoms with Crippen LogP contribution in [0.1, 0.15) is 29.4 Å². The summed E-state index contributed by atoms with van der Waals surface area (Å²) in [5, 5.41) is 0. The molecule has 0 bridgehead atoms. The molecule has 0 spiro atoms. The number of nitrogens with zero attached hydrogens (tertiary/aromatic N) is 3. The summed E-state index contributed by atoms with van der Waals surface area (Å²) < 4.78 is 5.82. The standard InChI is InChI=1S/C15H18N4O/c1-9-14(16)18-10(2)19-15(9)20-8-11-7-12(11)13-5-3-4-6-17-13/h3-6,11-12H,7-8H2,1-2H3,(H2,16,18,19). The van der Waals surface area contributed by atoms with E-state index < -0.39 is 0 Å². The van der Waals surface area contributed by atoms with Crippen molar-refractivity contribution in [1.82, 2.24) is 15.0 Å². The second-order valence-corrected chi connectivity index (χ2v) is 5.25. The van der Waals surface area contributed by atoms with Gasteiger partial charge >= 0.3 is 0 Å². The molecule has 1 aliphatic carbocycles. The molecule has 2 aromatic heterocycles. The lowest BCUT2D eigenvalue weighted by Gasteiger charge is -2.10. The summed E-state index contributed by atoms with van der Waals surface area (Å²) in [5.74, 6) is 2.75. The summed E-state index contributed by atoms with van der Waals surface area (Å²) in [4.78, 5) is 12.8. The molecule has 2 N–H and O–H groups in total. The summed E-state index contributed by atoms with van der Waals surface area (Å²) in [6, 6.07) is 6.03. The van der Waals surface area contributed by atoms with Crippen LogP contribution >= 0.6 is 0 Å². The van der Waals surface area contributed by atoms with Crippen LogP contribution in [-0.2, 0) is 0 Å². The molecule has 20 heavy (non-hydrogen) atoms. The number of aryl methyl sites for hydroxylation is 1. The Labute approximate surface area is 118 Å². The van der Waals surface area contributed by atoms with Crippen LogP contribution in [0.5, 0.6) is 5.88 Å². The van der Waals surface area contributed by atoms with Crippen LogP contribution in [0.3, 0.4) is 0 Å². The van der Waals surface area contributed by atoms with Crippen LogP contribution < -0.4 is 10.5 Å². The van der Waals surface area contributed by atoms with Crippen LogP contribution in [0.2, 0.25) is 0 Å². The maximum Gasteiger partial charge on any atom is 0.221 e. The number of anilines is 1. The lowest BCUT2D eigenvalue weighted by atomic mass is 10.2. The van der Waals surface area contributed by atoms with E-state index in [0.29, 0.717) is 36.0 Å². The van der Waals surface area contributed by atoms with E-state index in [4.69, 9.17) is 10.5 Å². The Balaban J connectivity index is 1.62. The van der Waals surface area contributed by atoms with Crippen molar-refractivity contribution in [2.75, 3.05) is 12.3 Å². The van der Waals surface area contributed by atoms with Gasteiger partial charge in [-0.25, -0.2) is 4.98 Å². The Bertz CT molecular complexity index is 615. The highest BCUT2D eigenvalue weighted by Crippen LogP contribution is 2.46. The van der Waals surface area contributed by atoms with Gasteiger partial charge in [0.05, 0.1) is 12.2 Å². The van der Waals surface area contributed by atoms with Gasteiger partial charge in [-0.3, -0.25) is 4.98 Å². The molecule has 3 rings (SSSR count). The number of rotatable bonds is 4. The van der Waals surface area contributed by atoms with Crippen LogP contribution in [0.25, 0.3) is 0 Å². The fourth-order valence-electron chi connectivity index (χ4n) is 2.34. The molecule has 2 aromatic rings. The van der Waals surface area contributed by atoms with Gasteiger partial charge in [-0.1, -0.05) is 6.07 Å². The zero-order valence-electron chi connectivity index (χ0n) is 11.7. The monoisotopic (exact) mass is 270 g/mol. The fraction of sp³-hybridized carbons (Fsp3) is 0.400. The van der Waals surface area contributed by atoms with Gasteiger partial charge in [0.1, 0.15) is 11.6 Å². The summed E-state index contributed by atoms with van der Waals surface area (Å²) in [6.07, 6.45) is 2.96. The minimum atomic E-state index is 0.490. The SMILES string of the molecule is Cc1nc(N)c(C)c(OCC2CC2c2ccccn2)n1. The highest BCUT2D eigenvalue weighted by atomic mass is 16.5. The molecule has 2 unspecified atom stereocenters. The van der Waals surface area contributed by atoms with E-state index in [2.05, 4.69) is 21.0 Å². The molecule has 104 valence electrons. The highest BCUT2D eigenvalue weighted by molar-refractivity contribution is 5.44. The third kappa shape index (κ3) is 2.57. The van der Waals surface area contributed by atoms with Crippen molar-refractivity contribution < 1.29 is 4.74 Å². The van der Waals surface area contributed by atoms with Gasteiger partial charge < -0.3 is 10.5 Å². The Kier molecular flexibility index (Phi) is 3.26. The van der Waals surface area contributed by atoms with E-state index in [1.165, 1.54) is 0 Å². The van der Waals surface area contributed by atoms with Crippen molar-refractivity contribution in [3.05, 3.63) is 41.5 Å². The highest BCUT2D eigenvalue weighted by Gasteiger charge is 2.40. The molecule has 2 atom stereocenters. The minimum absolute atomic E-state index is 0.490. The molecule has 5 nitrogen and oxygen atoms in total. The molecule has 1 aliphatic rings. The smallest absolute Gasteiger partial charge is 0.221 e. The molecule has 5 heteroatoms. The maximum atomic E-state index is 5.82. The summed E-state index contributed by atoms with van der Waals surface area (Å²) in [7, 11) is 0. The van der Waals surface area contributed by atoms with Crippen molar-refractivity contribution in [2.45, 2.75) is 26.2 Å². The average Bonchev–Trinajstić information content (AvgIpc) is 3.22. The van der Waals surface area contributed by atoms with Gasteiger partial charge in [0.25, 0.3) is 0 Å². The molecule has 2 heterocycles. The quantitative estimate of drug-likeness (QED) is 0.922. The largest absolute Gasteiger partial charge is 0.477 e. The molecule has 1 fully saturated rings. The Morgan fingerprint density at radius 2 is 2.15 bits per heavy atom. The molecule has 0 radical (unpaired) electrons. The number of pyridine rings is 1. The number of aromatic nitrogens is 3. The Hall–Kier alpha value is -2.17. The number of hydrogen-bond acceptors (Lipinski definition) is 5. The van der Waals surface area contributed by atoms with E-state index in [-0.39, 0.29) is 0 Å². The Morgan fingerprint density at radius 1 is 1.30 bits per heavy atom. The minimum Gasteiger partial charge on any atom is -0.477 e. The van der Waals surface area contributed by atoms with Gasteiger partial charge in [0, 0.05) is 23.7 Å². The predicted octanol–water partition coefficient (Wildman–Crippen LogP) is 2.25. The third-order valence-electron chi connectivity index (χ3n) is 3.67. The van der Waals surface area contributed by atoms with Crippen LogP contribution in [-0.4, -0.2) is 21.6 Å². The first kappa shape index (κ1) is 12.8. The lowest BCUT2D eigenvalue weighted by Crippen LogP contribution is -2.08. The van der Waals surface area contributed by atoms with Crippen molar-refractivity contribution in [2.24, 2.45) is 5.92 Å². The number of ether oxygens (including phenoxy) is 1. The molecular formula is C15H18N4O. The van der Waals surface area contributed by atoms with Crippen molar-refractivity contribution in [1.29, 1.82) is 0 Å². The number of nitrogens with two attached hydrogens (primary N) is 1. The first-order valence-electron chi connectivity index (χ1n) is 6.79. The zero-order valence-corrected chi connectivity index (χ0v) is 11.7. The van der Waals surface area contributed by atoms with Crippen LogP contribution in [0, 0.1) is 19.8 Å². The topological polar surface area (TPSA) is 73.9 Å². The normalized spacial score (nSPS) is 20.7. The molecule has 0 saturated heterocycles. The second-order valence-electron chi connectivity index (χ2n) is 5.25. The van der Waals surface area contributed by atoms with Crippen LogP contribution in [0.4, 0.5) is 5.82 Å². The van der Waals surface area contributed by atoms with Crippen LogP contribution in [0.15, 0.2) is 24.4 Å². The van der Waals surface area contributed by atoms with Crippen molar-refractivity contribution in [3.8, 4) is 5.88 Å². The predicted molar refractivity (Wildman–Crippen MR) is 76.5 cm³/mol. The first-order chi connectivity index (χ1) is 9.65. The van der Waals surface area contributed by atoms with Crippen molar-refractivity contribution >= 4 is 5.82 Å². The number of hydrogen-bond donors (Lipinski definition) is 1. The van der Waals surface area contributed by atoms with E-state index in [0.717, 1.165) is 17.7 Å². The van der Waals surface area contributed by atoms with Gasteiger partial charge in [0.2, 0.25) is 5.88 Å². The van der Waals surface area contributed by atoms with Gasteiger partial charge in [0.15, 0.2) is 0 Å². The third-order valence-corrected chi connectivity index (χ3v) is 3.67. The average molecular weight is 270 g/mol. The molecule has 0 aromatic carbocycles. The molecule has 1 saturated carbocycles. The second kappa shape index (κ2) is 5.07. The first-order valence-corrected chi connectivity index (χ1v) is 6.79. The summed E-state index contributed by atoms with van der Waals surface area (Å²) in [6.45, 7) is 4.35.